The quantitative estimate of drug-likeness (QED) is 0.715. The average Bonchev–Trinajstić information content (AvgIpc) is 2.07. The van der Waals surface area contributed by atoms with E-state index in [-0.39, 0.29) is 6.10 Å². The van der Waals surface area contributed by atoms with Crippen molar-refractivity contribution in [2.45, 2.75) is 25.9 Å². The van der Waals surface area contributed by atoms with Crippen molar-refractivity contribution < 1.29 is 5.11 Å². The van der Waals surface area contributed by atoms with Crippen molar-refractivity contribution in [1.29, 1.82) is 0 Å². The molecule has 0 aliphatic heterocycles. The highest BCUT2D eigenvalue weighted by molar-refractivity contribution is 5.12. The second kappa shape index (κ2) is 4.09. The zero-order chi connectivity index (χ0) is 8.10. The molecule has 2 heteroatoms. The maximum atomic E-state index is 9.49. The molecule has 0 saturated carbocycles. The summed E-state index contributed by atoms with van der Waals surface area (Å²) in [6.45, 7) is 2.06. The van der Waals surface area contributed by atoms with Crippen LogP contribution in [-0.2, 0) is 0 Å². The van der Waals surface area contributed by atoms with Gasteiger partial charge in [-0.2, -0.15) is 0 Å². The van der Waals surface area contributed by atoms with E-state index in [0.717, 1.165) is 18.4 Å². The molecule has 0 spiro atoms. The van der Waals surface area contributed by atoms with E-state index in [0.29, 0.717) is 0 Å². The predicted octanol–water partition coefficient (Wildman–Crippen LogP) is 1.92. The number of rotatable bonds is 3. The standard InChI is InChI=1S/C9H13NO/c1-2-3-9(11)8-4-6-10-7-5-8/h4-7,9,11H,2-3H2,1H3/t9-/m1/s1. The normalized spacial score (nSPS) is 12.9. The topological polar surface area (TPSA) is 33.1 Å². The molecule has 1 aromatic heterocycles. The molecule has 0 aliphatic carbocycles. The summed E-state index contributed by atoms with van der Waals surface area (Å²) in [4.78, 5) is 3.88. The molecule has 60 valence electrons. The van der Waals surface area contributed by atoms with E-state index in [4.69, 9.17) is 0 Å². The third-order valence-corrected chi connectivity index (χ3v) is 1.65. The molecule has 0 aromatic carbocycles. The van der Waals surface area contributed by atoms with Crippen molar-refractivity contribution in [1.82, 2.24) is 4.98 Å². The third kappa shape index (κ3) is 2.31. The van der Waals surface area contributed by atoms with E-state index in [1.807, 2.05) is 12.1 Å². The fraction of sp³-hybridized carbons (Fsp3) is 0.444. The Balaban J connectivity index is 2.61. The van der Waals surface area contributed by atoms with Crippen LogP contribution in [0.3, 0.4) is 0 Å². The SMILES string of the molecule is CCC[C@@H](O)c1ccncc1. The number of hydrogen-bond acceptors (Lipinski definition) is 2. The van der Waals surface area contributed by atoms with Crippen molar-refractivity contribution >= 4 is 0 Å². The maximum absolute atomic E-state index is 9.49. The highest BCUT2D eigenvalue weighted by Gasteiger charge is 2.03. The van der Waals surface area contributed by atoms with Crippen LogP contribution in [-0.4, -0.2) is 10.1 Å². The Morgan fingerprint density at radius 1 is 1.45 bits per heavy atom. The van der Waals surface area contributed by atoms with Gasteiger partial charge in [-0.3, -0.25) is 4.98 Å². The van der Waals surface area contributed by atoms with E-state index in [9.17, 15) is 5.11 Å². The first-order valence-electron chi connectivity index (χ1n) is 3.92. The molecular formula is C9H13NO. The number of aliphatic hydroxyl groups excluding tert-OH is 1. The van der Waals surface area contributed by atoms with Gasteiger partial charge >= 0.3 is 0 Å². The van der Waals surface area contributed by atoms with Gasteiger partial charge in [-0.1, -0.05) is 13.3 Å². The largest absolute Gasteiger partial charge is 0.388 e. The Bertz CT molecular complexity index is 198. The Hall–Kier alpha value is -0.890. The summed E-state index contributed by atoms with van der Waals surface area (Å²) >= 11 is 0. The lowest BCUT2D eigenvalue weighted by Gasteiger charge is -2.07. The number of pyridine rings is 1. The van der Waals surface area contributed by atoms with Crippen molar-refractivity contribution in [3.05, 3.63) is 30.1 Å². The van der Waals surface area contributed by atoms with Crippen LogP contribution in [0.4, 0.5) is 0 Å². The number of nitrogens with zero attached hydrogens (tertiary/aromatic N) is 1. The smallest absolute Gasteiger partial charge is 0.0791 e. The molecule has 1 atom stereocenters. The zero-order valence-corrected chi connectivity index (χ0v) is 6.70. The highest BCUT2D eigenvalue weighted by atomic mass is 16.3. The summed E-state index contributed by atoms with van der Waals surface area (Å²) in [6.07, 6.45) is 4.92. The maximum Gasteiger partial charge on any atom is 0.0791 e. The molecule has 11 heavy (non-hydrogen) atoms. The Kier molecular flexibility index (Phi) is 3.05. The molecule has 1 N–H and O–H groups in total. The number of hydrogen-bond donors (Lipinski definition) is 1. The van der Waals surface area contributed by atoms with Crippen LogP contribution in [0.2, 0.25) is 0 Å². The van der Waals surface area contributed by atoms with Crippen molar-refractivity contribution in [3.8, 4) is 0 Å². The van der Waals surface area contributed by atoms with Crippen molar-refractivity contribution in [2.24, 2.45) is 0 Å². The average molecular weight is 151 g/mol. The van der Waals surface area contributed by atoms with Gasteiger partial charge in [-0.15, -0.1) is 0 Å². The lowest BCUT2D eigenvalue weighted by atomic mass is 10.1. The first-order valence-corrected chi connectivity index (χ1v) is 3.92. The molecule has 0 unspecified atom stereocenters. The van der Waals surface area contributed by atoms with Crippen LogP contribution >= 0.6 is 0 Å². The van der Waals surface area contributed by atoms with E-state index >= 15 is 0 Å². The van der Waals surface area contributed by atoms with Gasteiger partial charge in [-0.05, 0) is 24.1 Å². The minimum Gasteiger partial charge on any atom is -0.388 e. The van der Waals surface area contributed by atoms with E-state index in [2.05, 4.69) is 11.9 Å². The van der Waals surface area contributed by atoms with Crippen LogP contribution in [0.1, 0.15) is 31.4 Å². The van der Waals surface area contributed by atoms with Crippen LogP contribution in [0.25, 0.3) is 0 Å². The van der Waals surface area contributed by atoms with Gasteiger partial charge in [0.1, 0.15) is 0 Å². The van der Waals surface area contributed by atoms with E-state index in [1.165, 1.54) is 0 Å². The molecule has 0 fully saturated rings. The van der Waals surface area contributed by atoms with E-state index < -0.39 is 0 Å². The zero-order valence-electron chi connectivity index (χ0n) is 6.70. The van der Waals surface area contributed by atoms with Gasteiger partial charge in [-0.25, -0.2) is 0 Å². The molecule has 0 aliphatic rings. The first-order chi connectivity index (χ1) is 5.34. The van der Waals surface area contributed by atoms with Gasteiger partial charge in [0.05, 0.1) is 6.10 Å². The number of aliphatic hydroxyl groups is 1. The van der Waals surface area contributed by atoms with Gasteiger partial charge in [0.15, 0.2) is 0 Å². The molecule has 0 bridgehead atoms. The number of aromatic nitrogens is 1. The summed E-state index contributed by atoms with van der Waals surface area (Å²) in [5.41, 5.74) is 0.960. The minimum absolute atomic E-state index is 0.317. The van der Waals surface area contributed by atoms with Gasteiger partial charge in [0.2, 0.25) is 0 Å². The van der Waals surface area contributed by atoms with Crippen LogP contribution in [0.5, 0.6) is 0 Å². The highest BCUT2D eigenvalue weighted by Crippen LogP contribution is 2.15. The van der Waals surface area contributed by atoms with Gasteiger partial charge in [0.25, 0.3) is 0 Å². The molecule has 0 saturated heterocycles. The van der Waals surface area contributed by atoms with Crippen molar-refractivity contribution in [2.75, 3.05) is 0 Å². The summed E-state index contributed by atoms with van der Waals surface area (Å²) in [7, 11) is 0. The summed E-state index contributed by atoms with van der Waals surface area (Å²) in [6, 6.07) is 3.70. The second-order valence-corrected chi connectivity index (χ2v) is 2.59. The second-order valence-electron chi connectivity index (χ2n) is 2.59. The summed E-state index contributed by atoms with van der Waals surface area (Å²) in [5, 5.41) is 9.49. The predicted molar refractivity (Wildman–Crippen MR) is 44.1 cm³/mol. The van der Waals surface area contributed by atoms with Crippen molar-refractivity contribution in [3.63, 3.8) is 0 Å². The van der Waals surface area contributed by atoms with Gasteiger partial charge < -0.3 is 5.11 Å². The minimum atomic E-state index is -0.317. The van der Waals surface area contributed by atoms with Crippen LogP contribution < -0.4 is 0 Å². The molecule has 1 heterocycles. The van der Waals surface area contributed by atoms with E-state index in [1.54, 1.807) is 12.4 Å². The third-order valence-electron chi connectivity index (χ3n) is 1.65. The fourth-order valence-electron chi connectivity index (χ4n) is 1.03. The fourth-order valence-corrected chi connectivity index (χ4v) is 1.03. The molecular weight excluding hydrogens is 138 g/mol. The Morgan fingerprint density at radius 3 is 2.64 bits per heavy atom. The van der Waals surface area contributed by atoms with Crippen LogP contribution in [0, 0.1) is 0 Å². The monoisotopic (exact) mass is 151 g/mol. The lowest BCUT2D eigenvalue weighted by molar-refractivity contribution is 0.166. The molecule has 2 nitrogen and oxygen atoms in total. The Morgan fingerprint density at radius 2 is 2.09 bits per heavy atom. The molecule has 1 rings (SSSR count). The molecule has 1 aromatic rings. The summed E-state index contributed by atoms with van der Waals surface area (Å²) < 4.78 is 0. The summed E-state index contributed by atoms with van der Waals surface area (Å²) in [5.74, 6) is 0. The van der Waals surface area contributed by atoms with Gasteiger partial charge in [0, 0.05) is 12.4 Å². The Labute approximate surface area is 66.9 Å². The van der Waals surface area contributed by atoms with Crippen LogP contribution in [0.15, 0.2) is 24.5 Å². The molecule has 0 amide bonds. The first kappa shape index (κ1) is 8.21. The lowest BCUT2D eigenvalue weighted by Crippen LogP contribution is -1.95. The molecule has 0 radical (unpaired) electrons.